The van der Waals surface area contributed by atoms with Gasteiger partial charge in [0.25, 0.3) is 0 Å². The van der Waals surface area contributed by atoms with E-state index in [4.69, 9.17) is 0 Å². The van der Waals surface area contributed by atoms with E-state index in [0.717, 1.165) is 6.07 Å². The molecule has 0 saturated heterocycles. The number of pyridine rings is 1. The van der Waals surface area contributed by atoms with Gasteiger partial charge in [0, 0.05) is 16.8 Å². The quantitative estimate of drug-likeness (QED) is 0.941. The van der Waals surface area contributed by atoms with Crippen LogP contribution in [0.2, 0.25) is 0 Å². The minimum atomic E-state index is -4.59. The minimum Gasteiger partial charge on any atom is -0.371 e. The predicted octanol–water partition coefficient (Wildman–Crippen LogP) is 3.06. The minimum absolute atomic E-state index is 0.0882. The van der Waals surface area contributed by atoms with Crippen molar-refractivity contribution in [1.82, 2.24) is 4.98 Å². The van der Waals surface area contributed by atoms with Gasteiger partial charge < -0.3 is 5.32 Å². The number of alkyl halides is 3. The smallest absolute Gasteiger partial charge is 0.371 e. The van der Waals surface area contributed by atoms with E-state index in [1.54, 1.807) is 18.2 Å². The average Bonchev–Trinajstić information content (AvgIpc) is 2.43. The van der Waals surface area contributed by atoms with Crippen molar-refractivity contribution in [2.75, 3.05) is 16.9 Å². The van der Waals surface area contributed by atoms with Gasteiger partial charge in [-0.05, 0) is 12.1 Å². The molecule has 8 heteroatoms. The largest absolute Gasteiger partial charge is 0.433 e. The first kappa shape index (κ1) is 15.6. The maximum atomic E-state index is 12.8. The number of nitrogens with one attached hydrogen (secondary N) is 1. The second kappa shape index (κ2) is 5.51. The first-order chi connectivity index (χ1) is 9.73. The molecule has 2 rings (SSSR count). The molecule has 0 fully saturated rings. The first-order valence-electron chi connectivity index (χ1n) is 6.14. The van der Waals surface area contributed by atoms with Crippen molar-refractivity contribution >= 4 is 26.4 Å². The Balaban J connectivity index is 2.50. The molecule has 0 radical (unpaired) electrons. The molecule has 1 aromatic heterocycles. The zero-order chi connectivity index (χ0) is 15.7. The molecule has 1 heterocycles. The summed E-state index contributed by atoms with van der Waals surface area (Å²) in [5.74, 6) is -0.510. The van der Waals surface area contributed by atoms with Gasteiger partial charge in [-0.25, -0.2) is 13.4 Å². The number of aromatic nitrogens is 1. The van der Waals surface area contributed by atoms with E-state index in [0.29, 0.717) is 5.39 Å². The Labute approximate surface area is 119 Å². The number of nitrogens with zero attached hydrogens (tertiary/aromatic N) is 1. The summed E-state index contributed by atoms with van der Waals surface area (Å²) in [4.78, 5) is 3.56. The lowest BCUT2D eigenvalue weighted by Gasteiger charge is -2.13. The van der Waals surface area contributed by atoms with E-state index >= 15 is 0 Å². The van der Waals surface area contributed by atoms with Crippen LogP contribution in [0.1, 0.15) is 12.6 Å². The van der Waals surface area contributed by atoms with Gasteiger partial charge in [0.1, 0.15) is 11.6 Å². The molecular formula is C13H13F3N2O2S. The Kier molecular flexibility index (Phi) is 4.08. The Morgan fingerprint density at radius 1 is 1.24 bits per heavy atom. The van der Waals surface area contributed by atoms with Crippen LogP contribution in [0, 0.1) is 0 Å². The number of halogens is 3. The predicted molar refractivity (Wildman–Crippen MR) is 74.7 cm³/mol. The molecule has 0 unspecified atom stereocenters. The third kappa shape index (κ3) is 3.63. The topological polar surface area (TPSA) is 59.1 Å². The van der Waals surface area contributed by atoms with Gasteiger partial charge >= 0.3 is 6.18 Å². The van der Waals surface area contributed by atoms with Crippen molar-refractivity contribution in [2.24, 2.45) is 0 Å². The number of fused-ring (bicyclic) bond motifs is 1. The highest BCUT2D eigenvalue weighted by atomic mass is 32.2. The zero-order valence-electron chi connectivity index (χ0n) is 11.1. The van der Waals surface area contributed by atoms with Gasteiger partial charge in [0.2, 0.25) is 0 Å². The second-order valence-electron chi connectivity index (χ2n) is 4.42. The van der Waals surface area contributed by atoms with Crippen LogP contribution in [-0.2, 0) is 16.0 Å². The summed E-state index contributed by atoms with van der Waals surface area (Å²) in [6.07, 6.45) is -4.59. The number of hydrogen-bond donors (Lipinski definition) is 1. The molecule has 21 heavy (non-hydrogen) atoms. The molecule has 1 N–H and O–H groups in total. The lowest BCUT2D eigenvalue weighted by Crippen LogP contribution is -2.17. The van der Waals surface area contributed by atoms with Crippen LogP contribution in [0.15, 0.2) is 30.3 Å². The van der Waals surface area contributed by atoms with Crippen molar-refractivity contribution in [2.45, 2.75) is 13.1 Å². The van der Waals surface area contributed by atoms with E-state index in [9.17, 15) is 21.6 Å². The number of hydrogen-bond acceptors (Lipinski definition) is 4. The highest BCUT2D eigenvalue weighted by Crippen LogP contribution is 2.32. The van der Waals surface area contributed by atoms with E-state index in [-0.39, 0.29) is 17.0 Å². The summed E-state index contributed by atoms with van der Waals surface area (Å²) < 4.78 is 61.5. The average molecular weight is 318 g/mol. The van der Waals surface area contributed by atoms with Crippen LogP contribution in [0.25, 0.3) is 10.9 Å². The Hall–Kier alpha value is -1.83. The summed E-state index contributed by atoms with van der Waals surface area (Å²) in [5, 5.41) is 3.00. The fourth-order valence-corrected chi connectivity index (χ4v) is 2.34. The normalized spacial score (nSPS) is 12.6. The van der Waals surface area contributed by atoms with Gasteiger partial charge in [0.05, 0.1) is 5.52 Å². The summed E-state index contributed by atoms with van der Waals surface area (Å²) in [5.41, 5.74) is -0.800. The molecule has 0 saturated carbocycles. The summed E-state index contributed by atoms with van der Waals surface area (Å²) in [6, 6.07) is 7.08. The maximum Gasteiger partial charge on any atom is 0.433 e. The fraction of sp³-hybridized carbons (Fsp3) is 0.308. The van der Waals surface area contributed by atoms with Crippen LogP contribution in [0.5, 0.6) is 0 Å². The van der Waals surface area contributed by atoms with Crippen LogP contribution in [0.3, 0.4) is 0 Å². The van der Waals surface area contributed by atoms with Crippen molar-refractivity contribution in [3.63, 3.8) is 0 Å². The first-order valence-corrected chi connectivity index (χ1v) is 7.96. The molecule has 0 atom stereocenters. The number of benzene rings is 1. The molecule has 0 bridgehead atoms. The molecule has 4 nitrogen and oxygen atoms in total. The van der Waals surface area contributed by atoms with Crippen LogP contribution in [0.4, 0.5) is 18.9 Å². The second-order valence-corrected chi connectivity index (χ2v) is 6.78. The molecule has 0 aliphatic heterocycles. The lowest BCUT2D eigenvalue weighted by molar-refractivity contribution is -0.140. The molecule has 0 aliphatic carbocycles. The molecule has 0 aliphatic rings. The Bertz CT molecular complexity index is 758. The maximum absolute atomic E-state index is 12.8. The number of anilines is 1. The molecule has 0 amide bonds. The van der Waals surface area contributed by atoms with Crippen molar-refractivity contribution in [3.05, 3.63) is 36.0 Å². The lowest BCUT2D eigenvalue weighted by atomic mass is 10.1. The highest BCUT2D eigenvalue weighted by molar-refractivity contribution is 7.91. The highest BCUT2D eigenvalue weighted by Gasteiger charge is 2.33. The fourth-order valence-electron chi connectivity index (χ4n) is 1.76. The van der Waals surface area contributed by atoms with E-state index in [2.05, 4.69) is 10.3 Å². The summed E-state index contributed by atoms with van der Waals surface area (Å²) in [6.45, 7) is 1.48. The van der Waals surface area contributed by atoms with Crippen molar-refractivity contribution in [1.29, 1.82) is 0 Å². The zero-order valence-corrected chi connectivity index (χ0v) is 11.9. The molecule has 1 aromatic carbocycles. The van der Waals surface area contributed by atoms with Crippen LogP contribution >= 0.6 is 0 Å². The van der Waals surface area contributed by atoms with Crippen molar-refractivity contribution in [3.8, 4) is 0 Å². The van der Waals surface area contributed by atoms with E-state index in [1.807, 2.05) is 0 Å². The van der Waals surface area contributed by atoms with Gasteiger partial charge in [-0.1, -0.05) is 25.1 Å². The number of sulfone groups is 1. The Morgan fingerprint density at radius 3 is 2.52 bits per heavy atom. The third-order valence-electron chi connectivity index (χ3n) is 2.93. The summed E-state index contributed by atoms with van der Waals surface area (Å²) in [7, 11) is -3.35. The standard InChI is InChI=1S/C13H13F3N2O2S/c1-2-21(19,20)8-17-11-7-12(13(14,15)16)18-10-6-4-3-5-9(10)11/h3-7H,2,8H2,1H3,(H,17,18). The molecule has 2 aromatic rings. The van der Waals surface area contributed by atoms with E-state index in [1.165, 1.54) is 13.0 Å². The van der Waals surface area contributed by atoms with Gasteiger partial charge in [0.15, 0.2) is 9.84 Å². The summed E-state index contributed by atoms with van der Waals surface area (Å²) >= 11 is 0. The SMILES string of the molecule is CCS(=O)(=O)CNc1cc(C(F)(F)F)nc2ccccc12. The van der Waals surface area contributed by atoms with Gasteiger partial charge in [-0.3, -0.25) is 0 Å². The van der Waals surface area contributed by atoms with E-state index < -0.39 is 27.6 Å². The number of rotatable bonds is 4. The van der Waals surface area contributed by atoms with Gasteiger partial charge in [-0.2, -0.15) is 13.2 Å². The molecular weight excluding hydrogens is 305 g/mol. The third-order valence-corrected chi connectivity index (χ3v) is 4.39. The number of para-hydroxylation sites is 1. The molecule has 0 spiro atoms. The van der Waals surface area contributed by atoms with Crippen molar-refractivity contribution < 1.29 is 21.6 Å². The van der Waals surface area contributed by atoms with Crippen LogP contribution < -0.4 is 5.32 Å². The monoisotopic (exact) mass is 318 g/mol. The molecule has 114 valence electrons. The van der Waals surface area contributed by atoms with Gasteiger partial charge in [-0.15, -0.1) is 0 Å². The van der Waals surface area contributed by atoms with Crippen LogP contribution in [-0.4, -0.2) is 25.0 Å². The Morgan fingerprint density at radius 2 is 1.90 bits per heavy atom.